The third-order valence-electron chi connectivity index (χ3n) is 3.07. The van der Waals surface area contributed by atoms with E-state index in [0.717, 1.165) is 12.1 Å². The third kappa shape index (κ3) is 9.06. The van der Waals surface area contributed by atoms with Gasteiger partial charge in [-0.15, -0.1) is 37.1 Å². The number of anilines is 1. The molecule has 0 unspecified atom stereocenters. The number of aliphatic imine (C=N–C) groups is 1. The molecule has 0 spiro atoms. The summed E-state index contributed by atoms with van der Waals surface area (Å²) < 4.78 is 69.3. The maximum absolute atomic E-state index is 12.2. The van der Waals surface area contributed by atoms with Crippen LogP contribution in [0.4, 0.5) is 27.6 Å². The van der Waals surface area contributed by atoms with Crippen LogP contribution in [0, 0.1) is 0 Å². The summed E-state index contributed by atoms with van der Waals surface area (Å²) in [6, 6.07) is 11.4. The van der Waals surface area contributed by atoms with E-state index in [1.165, 1.54) is 12.1 Å². The van der Waals surface area contributed by atoms with E-state index in [2.05, 4.69) is 15.0 Å². The molecule has 2 rings (SSSR count). The molecule has 154 valence electrons. The van der Waals surface area contributed by atoms with E-state index in [1.54, 1.807) is 24.3 Å². The van der Waals surface area contributed by atoms with Gasteiger partial charge in [0.25, 0.3) is 6.43 Å². The number of hydrogen-bond donors (Lipinski definition) is 2. The van der Waals surface area contributed by atoms with E-state index < -0.39 is 19.4 Å². The number of nitrogens with one attached hydrogen (secondary N) is 1. The van der Waals surface area contributed by atoms with Crippen LogP contribution in [-0.2, 0) is 6.54 Å². The average molecular weight is 517 g/mol. The molecule has 0 atom stereocenters. The van der Waals surface area contributed by atoms with Crippen LogP contribution in [0.1, 0.15) is 5.56 Å². The molecule has 2 aromatic carbocycles. The number of hydrogen-bond acceptors (Lipinski definition) is 3. The highest BCUT2D eigenvalue weighted by atomic mass is 127. The molecule has 0 saturated carbocycles. The molecule has 2 aromatic rings. The zero-order chi connectivity index (χ0) is 19.9. The molecule has 0 saturated heterocycles. The van der Waals surface area contributed by atoms with Crippen LogP contribution in [0.5, 0.6) is 11.5 Å². The lowest BCUT2D eigenvalue weighted by Gasteiger charge is -2.10. The lowest BCUT2D eigenvalue weighted by Crippen LogP contribution is -2.22. The molecule has 0 radical (unpaired) electrons. The number of nitrogens with zero attached hydrogens (tertiary/aromatic N) is 1. The zero-order valence-corrected chi connectivity index (χ0v) is 16.6. The molecular weight excluding hydrogens is 500 g/mol. The Hall–Kier alpha value is -2.31. The second-order valence-corrected chi connectivity index (χ2v) is 5.25. The molecule has 5 nitrogen and oxygen atoms in total. The van der Waals surface area contributed by atoms with Crippen LogP contribution in [0.15, 0.2) is 53.5 Å². The molecule has 11 heteroatoms. The molecule has 0 heterocycles. The fourth-order valence-electron chi connectivity index (χ4n) is 2.00. The third-order valence-corrected chi connectivity index (χ3v) is 3.07. The van der Waals surface area contributed by atoms with Crippen LogP contribution in [-0.4, -0.2) is 25.4 Å². The van der Waals surface area contributed by atoms with Gasteiger partial charge in [-0.05, 0) is 42.0 Å². The van der Waals surface area contributed by atoms with Gasteiger partial charge in [-0.2, -0.15) is 0 Å². The van der Waals surface area contributed by atoms with Gasteiger partial charge in [-0.3, -0.25) is 0 Å². The number of guanidine groups is 1. The van der Waals surface area contributed by atoms with Crippen molar-refractivity contribution in [3.05, 3.63) is 54.1 Å². The first kappa shape index (κ1) is 23.7. The minimum Gasteiger partial charge on any atom is -0.488 e. The summed E-state index contributed by atoms with van der Waals surface area (Å²) in [5, 5.41) is 2.72. The van der Waals surface area contributed by atoms with Crippen molar-refractivity contribution < 1.29 is 31.4 Å². The molecule has 28 heavy (non-hydrogen) atoms. The predicted octanol–water partition coefficient (Wildman–Crippen LogP) is 4.77. The standard InChI is InChI=1S/C17H16F5N3O2.HI/c18-15(19)10-26-14-3-1-2-11(8-14)9-24-16(23)25-12-4-6-13(7-5-12)27-17(20,21)22;/h1-8,15H,9-10H2,(H3,23,24,25);1H. The highest BCUT2D eigenvalue weighted by Gasteiger charge is 2.30. The van der Waals surface area contributed by atoms with Gasteiger partial charge in [0.1, 0.15) is 18.1 Å². The Labute approximate surface area is 174 Å². The SMILES string of the molecule is I.NC(=NCc1cccc(OCC(F)F)c1)Nc1ccc(OC(F)(F)F)cc1. The van der Waals surface area contributed by atoms with Gasteiger partial charge in [0.2, 0.25) is 0 Å². The van der Waals surface area contributed by atoms with E-state index in [4.69, 9.17) is 10.5 Å². The molecule has 0 aliphatic rings. The molecule has 0 fully saturated rings. The van der Waals surface area contributed by atoms with Crippen molar-refractivity contribution in [3.8, 4) is 11.5 Å². The van der Waals surface area contributed by atoms with E-state index in [0.29, 0.717) is 11.3 Å². The number of nitrogens with two attached hydrogens (primary N) is 1. The van der Waals surface area contributed by atoms with Crippen molar-refractivity contribution in [1.82, 2.24) is 0 Å². The second kappa shape index (κ2) is 10.9. The van der Waals surface area contributed by atoms with Crippen molar-refractivity contribution in [1.29, 1.82) is 0 Å². The minimum absolute atomic E-state index is 0. The lowest BCUT2D eigenvalue weighted by atomic mass is 10.2. The highest BCUT2D eigenvalue weighted by molar-refractivity contribution is 14.0. The largest absolute Gasteiger partial charge is 0.573 e. The van der Waals surface area contributed by atoms with E-state index >= 15 is 0 Å². The summed E-state index contributed by atoms with van der Waals surface area (Å²) in [5.74, 6) is -0.0441. The maximum Gasteiger partial charge on any atom is 0.573 e. The highest BCUT2D eigenvalue weighted by Crippen LogP contribution is 2.24. The first-order valence-electron chi connectivity index (χ1n) is 7.64. The van der Waals surface area contributed by atoms with Crippen LogP contribution < -0.4 is 20.5 Å². The monoisotopic (exact) mass is 517 g/mol. The number of rotatable bonds is 7. The van der Waals surface area contributed by atoms with Crippen molar-refractivity contribution in [2.24, 2.45) is 10.7 Å². The number of benzene rings is 2. The Morgan fingerprint density at radius 3 is 2.36 bits per heavy atom. The summed E-state index contributed by atoms with van der Waals surface area (Å²) in [6.07, 6.45) is -7.33. The quantitative estimate of drug-likeness (QED) is 0.240. The van der Waals surface area contributed by atoms with Gasteiger partial charge in [0.05, 0.1) is 6.54 Å². The minimum atomic E-state index is -4.76. The summed E-state index contributed by atoms with van der Waals surface area (Å²) in [5.41, 5.74) is 6.82. The Morgan fingerprint density at radius 2 is 1.75 bits per heavy atom. The molecule has 0 bridgehead atoms. The lowest BCUT2D eigenvalue weighted by molar-refractivity contribution is -0.274. The van der Waals surface area contributed by atoms with Crippen molar-refractivity contribution in [3.63, 3.8) is 0 Å². The van der Waals surface area contributed by atoms with E-state index in [-0.39, 0.29) is 48.0 Å². The average Bonchev–Trinajstić information content (AvgIpc) is 2.59. The van der Waals surface area contributed by atoms with Crippen LogP contribution in [0.2, 0.25) is 0 Å². The molecule has 3 N–H and O–H groups in total. The number of alkyl halides is 5. The molecule has 0 aliphatic heterocycles. The fourth-order valence-corrected chi connectivity index (χ4v) is 2.00. The van der Waals surface area contributed by atoms with Crippen molar-refractivity contribution in [2.75, 3.05) is 11.9 Å². The van der Waals surface area contributed by atoms with E-state index in [1.807, 2.05) is 0 Å². The first-order valence-corrected chi connectivity index (χ1v) is 7.64. The smallest absolute Gasteiger partial charge is 0.488 e. The molecule has 0 aromatic heterocycles. The maximum atomic E-state index is 12.2. The Bertz CT molecular complexity index is 770. The summed E-state index contributed by atoms with van der Waals surface area (Å²) >= 11 is 0. The summed E-state index contributed by atoms with van der Waals surface area (Å²) in [6.45, 7) is -0.551. The first-order chi connectivity index (χ1) is 12.7. The van der Waals surface area contributed by atoms with Crippen LogP contribution in [0.25, 0.3) is 0 Å². The zero-order valence-electron chi connectivity index (χ0n) is 14.2. The number of ether oxygens (including phenoxy) is 2. The normalized spacial score (nSPS) is 11.7. The van der Waals surface area contributed by atoms with Gasteiger partial charge in [-0.1, -0.05) is 12.1 Å². The van der Waals surface area contributed by atoms with Crippen LogP contribution >= 0.6 is 24.0 Å². The molecule has 0 amide bonds. The fraction of sp³-hybridized carbons (Fsp3) is 0.235. The van der Waals surface area contributed by atoms with Gasteiger partial charge < -0.3 is 20.5 Å². The molecular formula is C17H17F5IN3O2. The Morgan fingerprint density at radius 1 is 1.07 bits per heavy atom. The summed E-state index contributed by atoms with van der Waals surface area (Å²) in [4.78, 5) is 4.08. The second-order valence-electron chi connectivity index (χ2n) is 5.25. The predicted molar refractivity (Wildman–Crippen MR) is 105 cm³/mol. The van der Waals surface area contributed by atoms with Crippen molar-refractivity contribution >= 4 is 35.6 Å². The van der Waals surface area contributed by atoms with Crippen molar-refractivity contribution in [2.45, 2.75) is 19.3 Å². The Kier molecular flexibility index (Phi) is 9.22. The van der Waals surface area contributed by atoms with Gasteiger partial charge in [-0.25, -0.2) is 13.8 Å². The summed E-state index contributed by atoms with van der Waals surface area (Å²) in [7, 11) is 0. The van der Waals surface area contributed by atoms with Gasteiger partial charge in [0.15, 0.2) is 5.96 Å². The topological polar surface area (TPSA) is 68.9 Å². The Balaban J connectivity index is 0.00000392. The van der Waals surface area contributed by atoms with E-state index in [9.17, 15) is 22.0 Å². The van der Waals surface area contributed by atoms with Gasteiger partial charge in [0, 0.05) is 5.69 Å². The van der Waals surface area contributed by atoms with Crippen LogP contribution in [0.3, 0.4) is 0 Å². The number of halogens is 6. The molecule has 0 aliphatic carbocycles. The van der Waals surface area contributed by atoms with Gasteiger partial charge >= 0.3 is 6.36 Å².